The minimum atomic E-state index is -0.0478. The van der Waals surface area contributed by atoms with E-state index in [-0.39, 0.29) is 17.3 Å². The summed E-state index contributed by atoms with van der Waals surface area (Å²) in [5.74, 6) is 1.60. The second kappa shape index (κ2) is 8.79. The Morgan fingerprint density at radius 3 is 2.67 bits per heavy atom. The molecular formula is C22H23Cl2N7OS. The molecule has 2 aliphatic rings. The van der Waals surface area contributed by atoms with E-state index in [0.29, 0.717) is 26.8 Å². The van der Waals surface area contributed by atoms with Gasteiger partial charge in [-0.05, 0) is 54.0 Å². The van der Waals surface area contributed by atoms with Crippen molar-refractivity contribution in [3.8, 4) is 5.75 Å². The van der Waals surface area contributed by atoms with Crippen LogP contribution in [0.1, 0.15) is 30.0 Å². The lowest BCUT2D eigenvalue weighted by molar-refractivity contribution is 0.186. The molecule has 1 spiro atoms. The zero-order chi connectivity index (χ0) is 23.2. The van der Waals surface area contributed by atoms with Crippen LogP contribution in [0.5, 0.6) is 5.75 Å². The molecule has 5 rings (SSSR count). The molecule has 0 saturated carbocycles. The molecular weight excluding hydrogens is 481 g/mol. The van der Waals surface area contributed by atoms with Gasteiger partial charge in [0.15, 0.2) is 0 Å². The lowest BCUT2D eigenvalue weighted by atomic mass is 9.73. The van der Waals surface area contributed by atoms with Crippen molar-refractivity contribution in [2.24, 2.45) is 11.1 Å². The molecule has 33 heavy (non-hydrogen) atoms. The van der Waals surface area contributed by atoms with Gasteiger partial charge in [-0.15, -0.1) is 10.2 Å². The molecule has 1 atom stereocenters. The smallest absolute Gasteiger partial charge is 0.245 e. The Morgan fingerprint density at radius 2 is 1.97 bits per heavy atom. The average Bonchev–Trinajstić information content (AvgIpc) is 3.08. The number of benzene rings is 1. The molecule has 1 saturated heterocycles. The first-order valence-corrected chi connectivity index (χ1v) is 12.1. The maximum absolute atomic E-state index is 6.73. The van der Waals surface area contributed by atoms with E-state index in [9.17, 15) is 0 Å². The Hall–Kier alpha value is -2.33. The summed E-state index contributed by atoms with van der Waals surface area (Å²) < 4.78 is 5.39. The maximum Gasteiger partial charge on any atom is 0.245 e. The summed E-state index contributed by atoms with van der Waals surface area (Å²) in [6, 6.07) is 5.74. The number of fused-ring (bicyclic) bond motifs is 1. The van der Waals surface area contributed by atoms with Gasteiger partial charge in [0, 0.05) is 30.2 Å². The van der Waals surface area contributed by atoms with Crippen molar-refractivity contribution >= 4 is 46.7 Å². The highest BCUT2D eigenvalue weighted by atomic mass is 35.5. The van der Waals surface area contributed by atoms with E-state index < -0.39 is 0 Å². The third-order valence-corrected chi connectivity index (χ3v) is 8.38. The van der Waals surface area contributed by atoms with Gasteiger partial charge >= 0.3 is 0 Å². The number of halogens is 2. The molecule has 4 N–H and O–H groups in total. The van der Waals surface area contributed by atoms with Gasteiger partial charge in [0.05, 0.1) is 23.4 Å². The van der Waals surface area contributed by atoms with Crippen LogP contribution in [0, 0.1) is 5.41 Å². The monoisotopic (exact) mass is 503 g/mol. The minimum Gasteiger partial charge on any atom is -0.495 e. The fourth-order valence-electron chi connectivity index (χ4n) is 4.75. The molecule has 1 aliphatic carbocycles. The van der Waals surface area contributed by atoms with E-state index in [1.807, 2.05) is 12.1 Å². The molecule has 11 heteroatoms. The van der Waals surface area contributed by atoms with Gasteiger partial charge in [-0.1, -0.05) is 35.0 Å². The molecule has 1 fully saturated rings. The molecule has 3 heterocycles. The number of methoxy groups -OCH3 is 1. The largest absolute Gasteiger partial charge is 0.495 e. The Balaban J connectivity index is 1.26. The highest BCUT2D eigenvalue weighted by Gasteiger charge is 2.46. The van der Waals surface area contributed by atoms with Gasteiger partial charge in [0.25, 0.3) is 0 Å². The molecule has 0 unspecified atom stereocenters. The van der Waals surface area contributed by atoms with Crippen molar-refractivity contribution in [1.82, 2.24) is 20.2 Å². The van der Waals surface area contributed by atoms with Gasteiger partial charge in [-0.2, -0.15) is 0 Å². The van der Waals surface area contributed by atoms with E-state index in [2.05, 4.69) is 25.1 Å². The Morgan fingerprint density at radius 1 is 1.18 bits per heavy atom. The molecule has 3 aromatic rings. The van der Waals surface area contributed by atoms with E-state index in [0.717, 1.165) is 42.8 Å². The standard InChI is InChI=1S/C22H23Cl2N7OS/c1-32-15-8-12-10-22(19(25)13(12)9-14(15)23)3-6-31(7-4-22)21-28-11-17(29-30-21)33-16-2-5-27-20(26)18(16)24/h2,5,8-9,11,19H,3-4,6-7,10,25H2,1H3,(H2,26,27)/t19-/m0/s1. The number of nitrogens with zero attached hydrogens (tertiary/aromatic N) is 5. The van der Waals surface area contributed by atoms with E-state index in [1.54, 1.807) is 25.6 Å². The first-order chi connectivity index (χ1) is 15.9. The van der Waals surface area contributed by atoms with Crippen molar-refractivity contribution in [1.29, 1.82) is 0 Å². The zero-order valence-corrected chi connectivity index (χ0v) is 20.3. The van der Waals surface area contributed by atoms with Gasteiger partial charge in [0.1, 0.15) is 16.6 Å². The summed E-state index contributed by atoms with van der Waals surface area (Å²) in [7, 11) is 1.63. The molecule has 0 bridgehead atoms. The zero-order valence-electron chi connectivity index (χ0n) is 18.0. The van der Waals surface area contributed by atoms with Crippen molar-refractivity contribution in [3.63, 3.8) is 0 Å². The summed E-state index contributed by atoms with van der Waals surface area (Å²) in [6.07, 6.45) is 6.12. The van der Waals surface area contributed by atoms with Crippen LogP contribution in [0.25, 0.3) is 0 Å². The van der Waals surface area contributed by atoms with E-state index in [1.165, 1.54) is 17.3 Å². The van der Waals surface area contributed by atoms with Crippen LogP contribution in [0.3, 0.4) is 0 Å². The highest BCUT2D eigenvalue weighted by Crippen LogP contribution is 2.52. The molecule has 1 aliphatic heterocycles. The Labute approximate surface area is 206 Å². The molecule has 0 amide bonds. The third kappa shape index (κ3) is 4.07. The van der Waals surface area contributed by atoms with Gasteiger partial charge in [0.2, 0.25) is 5.95 Å². The maximum atomic E-state index is 6.73. The number of ether oxygens (including phenoxy) is 1. The number of hydrogen-bond donors (Lipinski definition) is 2. The molecule has 2 aromatic heterocycles. The Bertz CT molecular complexity index is 1190. The number of pyridine rings is 1. The second-order valence-electron chi connectivity index (χ2n) is 8.40. The van der Waals surface area contributed by atoms with Crippen LogP contribution >= 0.6 is 35.0 Å². The summed E-state index contributed by atoms with van der Waals surface area (Å²) in [5, 5.41) is 10.3. The fraction of sp³-hybridized carbons (Fsp3) is 0.364. The number of piperidine rings is 1. The molecule has 8 nitrogen and oxygen atoms in total. The average molecular weight is 504 g/mol. The normalized spacial score (nSPS) is 19.0. The number of aromatic nitrogens is 4. The third-order valence-electron chi connectivity index (χ3n) is 6.62. The van der Waals surface area contributed by atoms with Gasteiger partial charge in [-0.3, -0.25) is 0 Å². The number of nitrogens with two attached hydrogens (primary N) is 2. The lowest BCUT2D eigenvalue weighted by Crippen LogP contribution is -2.45. The minimum absolute atomic E-state index is 0.00970. The van der Waals surface area contributed by atoms with Crippen LogP contribution in [-0.4, -0.2) is 40.4 Å². The predicted octanol–water partition coefficient (Wildman–Crippen LogP) is 4.16. The van der Waals surface area contributed by atoms with Crippen LogP contribution in [0.4, 0.5) is 11.8 Å². The molecule has 172 valence electrons. The number of anilines is 2. The number of rotatable bonds is 4. The summed E-state index contributed by atoms with van der Waals surface area (Å²) in [6.45, 7) is 1.63. The first kappa shape index (κ1) is 22.5. The topological polar surface area (TPSA) is 116 Å². The van der Waals surface area contributed by atoms with Gasteiger partial charge in [-0.25, -0.2) is 9.97 Å². The van der Waals surface area contributed by atoms with E-state index in [4.69, 9.17) is 39.4 Å². The predicted molar refractivity (Wildman–Crippen MR) is 130 cm³/mol. The number of hydrogen-bond acceptors (Lipinski definition) is 9. The van der Waals surface area contributed by atoms with E-state index >= 15 is 0 Å². The summed E-state index contributed by atoms with van der Waals surface area (Å²) in [4.78, 5) is 11.4. The fourth-order valence-corrected chi connectivity index (χ4v) is 5.96. The molecule has 0 radical (unpaired) electrons. The lowest BCUT2D eigenvalue weighted by Gasteiger charge is -2.42. The highest BCUT2D eigenvalue weighted by molar-refractivity contribution is 7.99. The van der Waals surface area contributed by atoms with Crippen LogP contribution < -0.4 is 21.1 Å². The molecule has 1 aromatic carbocycles. The Kier molecular flexibility index (Phi) is 5.98. The van der Waals surface area contributed by atoms with Crippen molar-refractivity contribution < 1.29 is 4.74 Å². The van der Waals surface area contributed by atoms with Gasteiger partial charge < -0.3 is 21.1 Å². The van der Waals surface area contributed by atoms with Crippen molar-refractivity contribution in [2.75, 3.05) is 30.8 Å². The summed E-state index contributed by atoms with van der Waals surface area (Å²) >= 11 is 13.9. The van der Waals surface area contributed by atoms with Crippen LogP contribution in [0.2, 0.25) is 10.0 Å². The van der Waals surface area contributed by atoms with Crippen LogP contribution in [-0.2, 0) is 6.42 Å². The second-order valence-corrected chi connectivity index (χ2v) is 10.2. The van der Waals surface area contributed by atoms with Crippen molar-refractivity contribution in [2.45, 2.75) is 35.2 Å². The quantitative estimate of drug-likeness (QED) is 0.540. The summed E-state index contributed by atoms with van der Waals surface area (Å²) in [5.41, 5.74) is 14.9. The SMILES string of the molecule is COc1cc2c(cc1Cl)[C@H](N)C1(CCN(c3ncc(Sc4ccnc(N)c4Cl)nn3)CC1)C2. The number of nitrogen functional groups attached to an aromatic ring is 1. The first-order valence-electron chi connectivity index (χ1n) is 10.5. The van der Waals surface area contributed by atoms with Crippen molar-refractivity contribution in [3.05, 3.63) is 51.8 Å². The van der Waals surface area contributed by atoms with Crippen LogP contribution in [0.15, 0.2) is 40.5 Å².